The zero-order valence-electron chi connectivity index (χ0n) is 12.6. The molecule has 2 N–H and O–H groups in total. The molecule has 0 aromatic heterocycles. The van der Waals surface area contributed by atoms with E-state index in [0.29, 0.717) is 4.47 Å². The van der Waals surface area contributed by atoms with Gasteiger partial charge in [0.25, 0.3) is 0 Å². The minimum atomic E-state index is -0.332. The topological polar surface area (TPSA) is 41.1 Å². The molecule has 0 radical (unpaired) electrons. The second-order valence-electron chi connectivity index (χ2n) is 6.02. The molecule has 112 valence electrons. The largest absolute Gasteiger partial charge is 0.350 e. The molecule has 1 aromatic carbocycles. The van der Waals surface area contributed by atoms with Crippen molar-refractivity contribution >= 4 is 21.8 Å². The highest BCUT2D eigenvalue weighted by Crippen LogP contribution is 2.24. The summed E-state index contributed by atoms with van der Waals surface area (Å²) in [5, 5.41) is 6.14. The third kappa shape index (κ3) is 5.21. The second kappa shape index (κ2) is 6.68. The van der Waals surface area contributed by atoms with Crippen LogP contribution in [-0.4, -0.2) is 17.5 Å². The molecule has 1 rings (SSSR count). The van der Waals surface area contributed by atoms with Gasteiger partial charge in [0.2, 0.25) is 5.91 Å². The minimum Gasteiger partial charge on any atom is -0.350 e. The van der Waals surface area contributed by atoms with Crippen LogP contribution in [0.25, 0.3) is 0 Å². The van der Waals surface area contributed by atoms with Crippen molar-refractivity contribution in [3.63, 3.8) is 0 Å². The molecule has 0 fully saturated rings. The predicted octanol–water partition coefficient (Wildman–Crippen LogP) is 3.54. The van der Waals surface area contributed by atoms with Crippen LogP contribution < -0.4 is 10.6 Å². The summed E-state index contributed by atoms with van der Waals surface area (Å²) >= 11 is 3.34. The molecular formula is C15H22BrFN2O. The highest BCUT2D eigenvalue weighted by molar-refractivity contribution is 9.10. The number of carbonyl (C=O) groups excluding carboxylic acids is 1. The Labute approximate surface area is 128 Å². The molecule has 1 aromatic rings. The highest BCUT2D eigenvalue weighted by atomic mass is 79.9. The molecule has 0 aliphatic rings. The molecule has 2 atom stereocenters. The van der Waals surface area contributed by atoms with E-state index in [0.717, 1.165) is 5.56 Å². The highest BCUT2D eigenvalue weighted by Gasteiger charge is 2.21. The van der Waals surface area contributed by atoms with Crippen molar-refractivity contribution in [2.75, 3.05) is 0 Å². The van der Waals surface area contributed by atoms with Gasteiger partial charge in [0.15, 0.2) is 0 Å². The monoisotopic (exact) mass is 344 g/mol. The van der Waals surface area contributed by atoms with Crippen molar-refractivity contribution in [1.29, 1.82) is 0 Å². The summed E-state index contributed by atoms with van der Waals surface area (Å²) < 4.78 is 13.8. The van der Waals surface area contributed by atoms with Gasteiger partial charge in [-0.3, -0.25) is 10.1 Å². The zero-order valence-corrected chi connectivity index (χ0v) is 14.1. The number of amides is 1. The van der Waals surface area contributed by atoms with Crippen molar-refractivity contribution < 1.29 is 9.18 Å². The van der Waals surface area contributed by atoms with E-state index in [1.807, 2.05) is 34.6 Å². The molecule has 3 nitrogen and oxygen atoms in total. The fourth-order valence-electron chi connectivity index (χ4n) is 1.87. The van der Waals surface area contributed by atoms with Crippen LogP contribution in [0.5, 0.6) is 0 Å². The molecule has 0 aliphatic heterocycles. The number of benzene rings is 1. The molecule has 0 heterocycles. The summed E-state index contributed by atoms with van der Waals surface area (Å²) in [5.41, 5.74) is 0.661. The SMILES string of the molecule is CC(NC(C)c1ccc(F)cc1Br)C(=O)NC(C)(C)C. The van der Waals surface area contributed by atoms with Crippen LogP contribution in [0.15, 0.2) is 22.7 Å². The lowest BCUT2D eigenvalue weighted by molar-refractivity contribution is -0.124. The van der Waals surface area contributed by atoms with E-state index in [1.54, 1.807) is 6.07 Å². The average Bonchev–Trinajstić information content (AvgIpc) is 2.26. The molecule has 0 saturated heterocycles. The van der Waals surface area contributed by atoms with E-state index < -0.39 is 0 Å². The molecule has 0 spiro atoms. The number of carbonyl (C=O) groups is 1. The number of rotatable bonds is 4. The maximum absolute atomic E-state index is 13.1. The summed E-state index contributed by atoms with van der Waals surface area (Å²) in [4.78, 5) is 12.0. The van der Waals surface area contributed by atoms with E-state index in [9.17, 15) is 9.18 Å². The van der Waals surface area contributed by atoms with Gasteiger partial charge in [-0.25, -0.2) is 4.39 Å². The normalized spacial score (nSPS) is 14.8. The Balaban J connectivity index is 2.70. The van der Waals surface area contributed by atoms with Crippen LogP contribution in [0, 0.1) is 5.82 Å². The molecule has 2 unspecified atom stereocenters. The Kier molecular flexibility index (Phi) is 5.71. The Morgan fingerprint density at radius 2 is 1.90 bits per heavy atom. The molecule has 20 heavy (non-hydrogen) atoms. The molecule has 0 bridgehead atoms. The lowest BCUT2D eigenvalue weighted by Gasteiger charge is -2.26. The average molecular weight is 345 g/mol. The summed E-state index contributed by atoms with van der Waals surface area (Å²) in [6, 6.07) is 4.16. The summed E-state index contributed by atoms with van der Waals surface area (Å²) in [5.74, 6) is -0.339. The Hall–Kier alpha value is -0.940. The van der Waals surface area contributed by atoms with Crippen molar-refractivity contribution in [1.82, 2.24) is 10.6 Å². The maximum Gasteiger partial charge on any atom is 0.237 e. The van der Waals surface area contributed by atoms with Gasteiger partial charge in [0.05, 0.1) is 6.04 Å². The van der Waals surface area contributed by atoms with Gasteiger partial charge in [-0.2, -0.15) is 0 Å². The van der Waals surface area contributed by atoms with Crippen molar-refractivity contribution in [2.45, 2.75) is 52.2 Å². The quantitative estimate of drug-likeness (QED) is 0.876. The van der Waals surface area contributed by atoms with Crippen LogP contribution in [-0.2, 0) is 4.79 Å². The first-order chi connectivity index (χ1) is 9.10. The van der Waals surface area contributed by atoms with Gasteiger partial charge < -0.3 is 5.32 Å². The van der Waals surface area contributed by atoms with E-state index >= 15 is 0 Å². The van der Waals surface area contributed by atoms with Gasteiger partial charge in [0, 0.05) is 16.1 Å². The Morgan fingerprint density at radius 3 is 2.40 bits per heavy atom. The Bertz CT molecular complexity index is 485. The van der Waals surface area contributed by atoms with Gasteiger partial charge in [-0.05, 0) is 52.3 Å². The molecule has 0 aliphatic carbocycles. The lowest BCUT2D eigenvalue weighted by Crippen LogP contribution is -2.50. The van der Waals surface area contributed by atoms with Gasteiger partial charge in [-0.15, -0.1) is 0 Å². The van der Waals surface area contributed by atoms with Crippen LogP contribution in [0.4, 0.5) is 4.39 Å². The van der Waals surface area contributed by atoms with Crippen LogP contribution in [0.1, 0.15) is 46.2 Å². The third-order valence-electron chi connectivity index (χ3n) is 2.82. The molecule has 1 amide bonds. The first-order valence-corrected chi connectivity index (χ1v) is 7.42. The summed E-state index contributed by atoms with van der Waals surface area (Å²) in [7, 11) is 0. The molecular weight excluding hydrogens is 323 g/mol. The van der Waals surface area contributed by atoms with Crippen LogP contribution in [0.2, 0.25) is 0 Å². The first kappa shape index (κ1) is 17.1. The van der Waals surface area contributed by atoms with E-state index in [2.05, 4.69) is 26.6 Å². The minimum absolute atomic E-state index is 0.0532. The zero-order chi connectivity index (χ0) is 15.5. The van der Waals surface area contributed by atoms with E-state index in [4.69, 9.17) is 0 Å². The standard InChI is InChI=1S/C15H22BrFN2O/c1-9(12-7-6-11(17)8-13(12)16)18-10(2)14(20)19-15(3,4)5/h6-10,18H,1-5H3,(H,19,20). The van der Waals surface area contributed by atoms with Crippen molar-refractivity contribution in [3.05, 3.63) is 34.1 Å². The van der Waals surface area contributed by atoms with Crippen LogP contribution in [0.3, 0.4) is 0 Å². The van der Waals surface area contributed by atoms with Gasteiger partial charge in [-0.1, -0.05) is 22.0 Å². The van der Waals surface area contributed by atoms with Crippen molar-refractivity contribution in [2.24, 2.45) is 0 Å². The number of halogens is 2. The fraction of sp³-hybridized carbons (Fsp3) is 0.533. The second-order valence-corrected chi connectivity index (χ2v) is 6.87. The van der Waals surface area contributed by atoms with Crippen molar-refractivity contribution in [3.8, 4) is 0 Å². The number of hydrogen-bond donors (Lipinski definition) is 2. The van der Waals surface area contributed by atoms with Gasteiger partial charge in [0.1, 0.15) is 5.82 Å². The molecule has 0 saturated carbocycles. The first-order valence-electron chi connectivity index (χ1n) is 6.63. The lowest BCUT2D eigenvalue weighted by atomic mass is 10.1. The van der Waals surface area contributed by atoms with Crippen LogP contribution >= 0.6 is 15.9 Å². The van der Waals surface area contributed by atoms with Gasteiger partial charge >= 0.3 is 0 Å². The summed E-state index contributed by atoms with van der Waals surface area (Å²) in [6.45, 7) is 9.58. The summed E-state index contributed by atoms with van der Waals surface area (Å²) in [6.07, 6.45) is 0. The number of nitrogens with one attached hydrogen (secondary N) is 2. The molecule has 5 heteroatoms. The van der Waals surface area contributed by atoms with E-state index in [1.165, 1.54) is 12.1 Å². The fourth-order valence-corrected chi connectivity index (χ4v) is 2.57. The van der Waals surface area contributed by atoms with E-state index in [-0.39, 0.29) is 29.3 Å². The predicted molar refractivity (Wildman–Crippen MR) is 83.0 cm³/mol. The Morgan fingerprint density at radius 1 is 1.30 bits per heavy atom. The smallest absolute Gasteiger partial charge is 0.237 e. The maximum atomic E-state index is 13.1. The number of hydrogen-bond acceptors (Lipinski definition) is 2. The third-order valence-corrected chi connectivity index (χ3v) is 3.51.